The van der Waals surface area contributed by atoms with Crippen molar-refractivity contribution in [1.82, 2.24) is 15.0 Å². The predicted octanol–water partition coefficient (Wildman–Crippen LogP) is 11.7. The topological polar surface area (TPSA) is 72.8 Å². The second-order valence-electron chi connectivity index (χ2n) is 14.7. The van der Waals surface area contributed by atoms with Crippen LogP contribution in [0.3, 0.4) is 0 Å². The summed E-state index contributed by atoms with van der Waals surface area (Å²) in [6.45, 7) is 0. The number of nitrogens with zero attached hydrogens (tertiary/aromatic N) is 3. The molecule has 5 nitrogen and oxygen atoms in total. The lowest BCUT2D eigenvalue weighted by Gasteiger charge is -2.39. The summed E-state index contributed by atoms with van der Waals surface area (Å²) in [5, 5.41) is 0. The molecular formula is C52H33N3O2S. The number of benzene rings is 8. The van der Waals surface area contributed by atoms with E-state index in [-0.39, 0.29) is 0 Å². The Morgan fingerprint density at radius 1 is 0.328 bits per heavy atom. The molecule has 0 bridgehead atoms. The van der Waals surface area contributed by atoms with Gasteiger partial charge in [0, 0.05) is 16.7 Å². The van der Waals surface area contributed by atoms with E-state index in [2.05, 4.69) is 91.0 Å². The van der Waals surface area contributed by atoms with E-state index < -0.39 is 15.3 Å². The molecule has 0 N–H and O–H groups in total. The van der Waals surface area contributed by atoms with E-state index >= 15 is 0 Å². The molecule has 0 saturated heterocycles. The third-order valence-electron chi connectivity index (χ3n) is 11.5. The third kappa shape index (κ3) is 5.08. The largest absolute Gasteiger partial charge is 0.218 e. The van der Waals surface area contributed by atoms with Crippen LogP contribution in [-0.2, 0) is 15.3 Å². The highest BCUT2D eigenvalue weighted by molar-refractivity contribution is 7.91. The number of hydrogen-bond donors (Lipinski definition) is 0. The molecule has 9 aromatic rings. The highest BCUT2D eigenvalue weighted by atomic mass is 32.2. The van der Waals surface area contributed by atoms with E-state index in [0.717, 1.165) is 72.3 Å². The smallest absolute Gasteiger partial charge is 0.207 e. The molecule has 8 aromatic carbocycles. The molecule has 1 spiro atoms. The van der Waals surface area contributed by atoms with Crippen molar-refractivity contribution in [2.24, 2.45) is 0 Å². The first-order chi connectivity index (χ1) is 28.5. The van der Waals surface area contributed by atoms with E-state index in [1.54, 1.807) is 12.1 Å². The van der Waals surface area contributed by atoms with Gasteiger partial charge < -0.3 is 0 Å². The zero-order valence-corrected chi connectivity index (χ0v) is 31.9. The zero-order chi connectivity index (χ0) is 38.8. The van der Waals surface area contributed by atoms with Gasteiger partial charge in [0.25, 0.3) is 0 Å². The lowest BCUT2D eigenvalue weighted by Crippen LogP contribution is -2.35. The summed E-state index contributed by atoms with van der Waals surface area (Å²) in [5.74, 6) is 1.64. The number of hydrogen-bond acceptors (Lipinski definition) is 5. The van der Waals surface area contributed by atoms with Gasteiger partial charge in [-0.25, -0.2) is 23.4 Å². The van der Waals surface area contributed by atoms with Crippen LogP contribution in [0.5, 0.6) is 0 Å². The van der Waals surface area contributed by atoms with Gasteiger partial charge in [0.05, 0.1) is 15.2 Å². The predicted molar refractivity (Wildman–Crippen MR) is 230 cm³/mol. The van der Waals surface area contributed by atoms with Crippen molar-refractivity contribution in [1.29, 1.82) is 0 Å². The Balaban J connectivity index is 1.20. The molecule has 58 heavy (non-hydrogen) atoms. The van der Waals surface area contributed by atoms with Crippen molar-refractivity contribution in [3.8, 4) is 67.5 Å². The molecule has 1 aliphatic heterocycles. The van der Waals surface area contributed by atoms with Crippen LogP contribution >= 0.6 is 0 Å². The summed E-state index contributed by atoms with van der Waals surface area (Å²) in [6, 6.07) is 66.8. The fraction of sp³-hybridized carbons (Fsp3) is 0.0192. The van der Waals surface area contributed by atoms with Crippen molar-refractivity contribution in [2.75, 3.05) is 0 Å². The van der Waals surface area contributed by atoms with Crippen molar-refractivity contribution in [2.45, 2.75) is 15.2 Å². The van der Waals surface area contributed by atoms with Gasteiger partial charge in [-0.15, -0.1) is 0 Å². The molecule has 0 unspecified atom stereocenters. The van der Waals surface area contributed by atoms with Gasteiger partial charge in [0.15, 0.2) is 17.5 Å². The SMILES string of the molecule is O=S1(=O)c2ccccc2C2(c3ccccc3-c3c(-c4nc(-c5ccccc5)nc(-c5cc(-c6ccccc6)cc(-c6ccccc6)c5)n4)cccc32)c2ccccc21. The lowest BCUT2D eigenvalue weighted by molar-refractivity contribution is 0.580. The normalized spacial score (nSPS) is 13.9. The Bertz CT molecular complexity index is 3070. The van der Waals surface area contributed by atoms with Gasteiger partial charge >= 0.3 is 0 Å². The molecule has 11 rings (SSSR count). The van der Waals surface area contributed by atoms with Gasteiger partial charge in [0.1, 0.15) is 0 Å². The maximum atomic E-state index is 14.3. The van der Waals surface area contributed by atoms with Crippen LogP contribution in [0.2, 0.25) is 0 Å². The molecule has 2 heterocycles. The molecule has 0 amide bonds. The first-order valence-electron chi connectivity index (χ1n) is 19.3. The molecule has 6 heteroatoms. The summed E-state index contributed by atoms with van der Waals surface area (Å²) >= 11 is 0. The van der Waals surface area contributed by atoms with Crippen LogP contribution < -0.4 is 0 Å². The molecular weight excluding hydrogens is 731 g/mol. The van der Waals surface area contributed by atoms with Gasteiger partial charge in [-0.05, 0) is 86.0 Å². The number of aromatic nitrogens is 3. The molecule has 0 fully saturated rings. The fourth-order valence-corrected chi connectivity index (χ4v) is 10.8. The van der Waals surface area contributed by atoms with Crippen molar-refractivity contribution < 1.29 is 8.42 Å². The molecule has 0 atom stereocenters. The van der Waals surface area contributed by atoms with Gasteiger partial charge in [-0.1, -0.05) is 170 Å². The van der Waals surface area contributed by atoms with Crippen LogP contribution in [0, 0.1) is 0 Å². The molecule has 2 aliphatic rings. The second-order valence-corrected chi connectivity index (χ2v) is 16.6. The Morgan fingerprint density at radius 2 is 0.741 bits per heavy atom. The Hall–Kier alpha value is -7.28. The van der Waals surface area contributed by atoms with Gasteiger partial charge in [-0.3, -0.25) is 0 Å². The van der Waals surface area contributed by atoms with Crippen molar-refractivity contribution >= 4 is 9.84 Å². The Kier molecular flexibility index (Phi) is 7.71. The van der Waals surface area contributed by atoms with Crippen LogP contribution in [0.4, 0.5) is 0 Å². The number of rotatable bonds is 5. The lowest BCUT2D eigenvalue weighted by atomic mass is 9.67. The minimum absolute atomic E-state index is 0.322. The number of sulfone groups is 1. The van der Waals surface area contributed by atoms with Crippen molar-refractivity contribution in [3.63, 3.8) is 0 Å². The quantitative estimate of drug-likeness (QED) is 0.175. The third-order valence-corrected chi connectivity index (χ3v) is 13.4. The van der Waals surface area contributed by atoms with E-state index in [9.17, 15) is 8.42 Å². The first kappa shape index (κ1) is 34.0. The van der Waals surface area contributed by atoms with Crippen LogP contribution in [0.1, 0.15) is 22.3 Å². The van der Waals surface area contributed by atoms with Gasteiger partial charge in [0.2, 0.25) is 9.84 Å². The second kappa shape index (κ2) is 13.2. The van der Waals surface area contributed by atoms with Crippen LogP contribution in [-0.4, -0.2) is 23.4 Å². The fourth-order valence-electron chi connectivity index (χ4n) is 9.07. The summed E-state index contributed by atoms with van der Waals surface area (Å²) in [7, 11) is -3.79. The standard InChI is InChI=1S/C52H33N3O2S/c56-58(57)46-29-14-12-26-43(46)52(44-27-13-15-30-47(44)58)42-25-11-10-23-40(42)48-41(24-16-28-45(48)52)51-54-49(36-21-8-3-9-22-36)53-50(55-51)39-32-37(34-17-4-1-5-18-34)31-38(33-39)35-19-6-2-7-20-35/h1-33H. The van der Waals surface area contributed by atoms with E-state index in [1.807, 2.05) is 97.1 Å². The monoisotopic (exact) mass is 763 g/mol. The van der Waals surface area contributed by atoms with E-state index in [4.69, 9.17) is 15.0 Å². The Labute approximate surface area is 337 Å². The summed E-state index contributed by atoms with van der Waals surface area (Å²) in [4.78, 5) is 16.4. The highest BCUT2D eigenvalue weighted by Gasteiger charge is 2.53. The maximum absolute atomic E-state index is 14.3. The summed E-state index contributed by atoms with van der Waals surface area (Å²) in [6.07, 6.45) is 0. The highest BCUT2D eigenvalue weighted by Crippen LogP contribution is 2.62. The molecule has 0 saturated carbocycles. The zero-order valence-electron chi connectivity index (χ0n) is 31.1. The number of fused-ring (bicyclic) bond motifs is 9. The van der Waals surface area contributed by atoms with Gasteiger partial charge in [-0.2, -0.15) is 0 Å². The maximum Gasteiger partial charge on any atom is 0.207 e. The minimum atomic E-state index is -3.79. The Morgan fingerprint density at radius 3 is 1.33 bits per heavy atom. The minimum Gasteiger partial charge on any atom is -0.218 e. The summed E-state index contributed by atoms with van der Waals surface area (Å²) in [5.41, 5.74) is 11.5. The molecule has 1 aliphatic carbocycles. The van der Waals surface area contributed by atoms with E-state index in [1.165, 1.54) is 0 Å². The average molecular weight is 764 g/mol. The van der Waals surface area contributed by atoms with Crippen molar-refractivity contribution in [3.05, 3.63) is 222 Å². The van der Waals surface area contributed by atoms with E-state index in [0.29, 0.717) is 27.3 Å². The summed E-state index contributed by atoms with van der Waals surface area (Å²) < 4.78 is 28.6. The van der Waals surface area contributed by atoms with Crippen LogP contribution in [0.15, 0.2) is 210 Å². The first-order valence-corrected chi connectivity index (χ1v) is 20.8. The molecule has 0 radical (unpaired) electrons. The van der Waals surface area contributed by atoms with Crippen LogP contribution in [0.25, 0.3) is 67.5 Å². The molecule has 1 aromatic heterocycles. The average Bonchev–Trinajstić information content (AvgIpc) is 3.60. The molecule has 274 valence electrons.